The summed E-state index contributed by atoms with van der Waals surface area (Å²) in [5, 5.41) is 8.73. The number of aliphatic hydroxyl groups excluding tert-OH is 1. The topological polar surface area (TPSA) is 66.6 Å². The quantitative estimate of drug-likeness (QED) is 0.662. The molecule has 0 aromatic heterocycles. The molecule has 1 unspecified atom stereocenters. The van der Waals surface area contributed by atoms with Gasteiger partial charge < -0.3 is 15.7 Å². The molecule has 0 aromatic carbocycles. The van der Waals surface area contributed by atoms with Gasteiger partial charge in [0.15, 0.2) is 0 Å². The third-order valence-corrected chi connectivity index (χ3v) is 4.13. The highest BCUT2D eigenvalue weighted by molar-refractivity contribution is 5.81. The number of rotatable bonds is 8. The number of carbonyl (C=O) groups is 1. The average molecular weight is 270 g/mol. The van der Waals surface area contributed by atoms with E-state index in [1.54, 1.807) is 0 Å². The molecule has 1 atom stereocenters. The molecule has 1 fully saturated rings. The summed E-state index contributed by atoms with van der Waals surface area (Å²) in [6, 6.07) is -0.376. The van der Waals surface area contributed by atoms with Gasteiger partial charge in [0.05, 0.1) is 6.04 Å². The van der Waals surface area contributed by atoms with Gasteiger partial charge in [0, 0.05) is 19.7 Å². The summed E-state index contributed by atoms with van der Waals surface area (Å²) in [5.74, 6) is 0.904. The lowest BCUT2D eigenvalue weighted by Gasteiger charge is -2.33. The molecule has 3 N–H and O–H groups in total. The lowest BCUT2D eigenvalue weighted by molar-refractivity contribution is -0.134. The zero-order chi connectivity index (χ0) is 14.1. The van der Waals surface area contributed by atoms with Crippen LogP contribution in [0.15, 0.2) is 0 Å². The van der Waals surface area contributed by atoms with Crippen molar-refractivity contribution < 1.29 is 9.90 Å². The van der Waals surface area contributed by atoms with E-state index in [1.165, 1.54) is 19.3 Å². The van der Waals surface area contributed by atoms with Gasteiger partial charge in [0.25, 0.3) is 0 Å². The summed E-state index contributed by atoms with van der Waals surface area (Å²) >= 11 is 0. The van der Waals surface area contributed by atoms with Crippen LogP contribution >= 0.6 is 0 Å². The highest BCUT2D eigenvalue weighted by Gasteiger charge is 2.25. The van der Waals surface area contributed by atoms with Gasteiger partial charge in [-0.2, -0.15) is 0 Å². The number of nitrogens with two attached hydrogens (primary N) is 1. The number of piperidine rings is 1. The van der Waals surface area contributed by atoms with E-state index in [-0.39, 0.29) is 18.6 Å². The summed E-state index contributed by atoms with van der Waals surface area (Å²) in [6.07, 6.45) is 8.39. The van der Waals surface area contributed by atoms with Gasteiger partial charge in [-0.1, -0.05) is 26.2 Å². The predicted molar refractivity (Wildman–Crippen MR) is 77.7 cm³/mol. The molecule has 1 rings (SSSR count). The molecule has 0 bridgehead atoms. The van der Waals surface area contributed by atoms with Crippen LogP contribution in [0, 0.1) is 5.92 Å². The maximum Gasteiger partial charge on any atom is 0.239 e. The lowest BCUT2D eigenvalue weighted by atomic mass is 9.91. The Bertz CT molecular complexity index is 251. The van der Waals surface area contributed by atoms with Gasteiger partial charge in [0.2, 0.25) is 5.91 Å². The number of hydrogen-bond donors (Lipinski definition) is 2. The zero-order valence-electron chi connectivity index (χ0n) is 12.3. The highest BCUT2D eigenvalue weighted by atomic mass is 16.2. The minimum absolute atomic E-state index is 0.104. The zero-order valence-corrected chi connectivity index (χ0v) is 12.3. The average Bonchev–Trinajstić information content (AvgIpc) is 2.45. The van der Waals surface area contributed by atoms with Gasteiger partial charge in [-0.05, 0) is 38.0 Å². The number of unbranched alkanes of at least 4 members (excludes halogenated alkanes) is 2. The minimum atomic E-state index is -0.376. The van der Waals surface area contributed by atoms with E-state index in [2.05, 4.69) is 6.92 Å². The van der Waals surface area contributed by atoms with Crippen LogP contribution < -0.4 is 5.73 Å². The monoisotopic (exact) mass is 270 g/mol. The number of amides is 1. The Labute approximate surface area is 117 Å². The second-order valence-electron chi connectivity index (χ2n) is 5.74. The summed E-state index contributed by atoms with van der Waals surface area (Å²) in [6.45, 7) is 4.16. The maximum atomic E-state index is 12.2. The third kappa shape index (κ3) is 5.91. The molecule has 1 heterocycles. The van der Waals surface area contributed by atoms with Gasteiger partial charge in [-0.25, -0.2) is 0 Å². The minimum Gasteiger partial charge on any atom is -0.396 e. The largest absolute Gasteiger partial charge is 0.396 e. The Morgan fingerprint density at radius 1 is 1.32 bits per heavy atom. The molecule has 0 radical (unpaired) electrons. The standard InChI is InChI=1S/C15H30N2O2/c1-2-3-6-13-8-10-17(11-9-13)15(19)14(16)7-4-5-12-18/h13-14,18H,2-12,16H2,1H3. The van der Waals surface area contributed by atoms with Crippen LogP contribution in [0.1, 0.15) is 58.3 Å². The summed E-state index contributed by atoms with van der Waals surface area (Å²) in [4.78, 5) is 14.1. The van der Waals surface area contributed by atoms with E-state index in [1.807, 2.05) is 4.90 Å². The van der Waals surface area contributed by atoms with E-state index in [0.29, 0.717) is 6.42 Å². The van der Waals surface area contributed by atoms with Crippen molar-refractivity contribution in [1.29, 1.82) is 0 Å². The number of likely N-dealkylation sites (tertiary alicyclic amines) is 1. The van der Waals surface area contributed by atoms with Crippen molar-refractivity contribution in [2.24, 2.45) is 11.7 Å². The van der Waals surface area contributed by atoms with Crippen molar-refractivity contribution in [1.82, 2.24) is 4.90 Å². The van der Waals surface area contributed by atoms with Crippen LogP contribution in [0.5, 0.6) is 0 Å². The second kappa shape index (κ2) is 9.32. The first-order valence-corrected chi connectivity index (χ1v) is 7.84. The maximum absolute atomic E-state index is 12.2. The van der Waals surface area contributed by atoms with Crippen LogP contribution in [0.25, 0.3) is 0 Å². The first-order valence-electron chi connectivity index (χ1n) is 7.84. The Morgan fingerprint density at radius 3 is 2.58 bits per heavy atom. The Balaban J connectivity index is 2.24. The van der Waals surface area contributed by atoms with Crippen LogP contribution in [0.4, 0.5) is 0 Å². The van der Waals surface area contributed by atoms with Crippen LogP contribution in [-0.2, 0) is 4.79 Å². The van der Waals surface area contributed by atoms with E-state index < -0.39 is 0 Å². The Kier molecular flexibility index (Phi) is 8.07. The molecule has 4 heteroatoms. The van der Waals surface area contributed by atoms with E-state index in [4.69, 9.17) is 10.8 Å². The molecule has 1 aliphatic rings. The molecule has 112 valence electrons. The number of aliphatic hydroxyl groups is 1. The van der Waals surface area contributed by atoms with Gasteiger partial charge in [0.1, 0.15) is 0 Å². The molecular weight excluding hydrogens is 240 g/mol. The molecule has 19 heavy (non-hydrogen) atoms. The van der Waals surface area contributed by atoms with Gasteiger partial charge in [-0.15, -0.1) is 0 Å². The fourth-order valence-electron chi connectivity index (χ4n) is 2.77. The molecule has 1 saturated heterocycles. The fourth-order valence-corrected chi connectivity index (χ4v) is 2.77. The van der Waals surface area contributed by atoms with Crippen molar-refractivity contribution in [2.45, 2.75) is 64.3 Å². The van der Waals surface area contributed by atoms with E-state index >= 15 is 0 Å². The number of nitrogens with zero attached hydrogens (tertiary/aromatic N) is 1. The summed E-state index contributed by atoms with van der Waals surface area (Å²) < 4.78 is 0. The second-order valence-corrected chi connectivity index (χ2v) is 5.74. The van der Waals surface area contributed by atoms with Crippen molar-refractivity contribution in [3.63, 3.8) is 0 Å². The predicted octanol–water partition coefficient (Wildman–Crippen LogP) is 1.91. The highest BCUT2D eigenvalue weighted by Crippen LogP contribution is 2.23. The van der Waals surface area contributed by atoms with Crippen molar-refractivity contribution in [2.75, 3.05) is 19.7 Å². The number of hydrogen-bond acceptors (Lipinski definition) is 3. The van der Waals surface area contributed by atoms with Crippen LogP contribution in [0.2, 0.25) is 0 Å². The van der Waals surface area contributed by atoms with Crippen molar-refractivity contribution >= 4 is 5.91 Å². The summed E-state index contributed by atoms with van der Waals surface area (Å²) in [5.41, 5.74) is 5.93. The van der Waals surface area contributed by atoms with Crippen LogP contribution in [-0.4, -0.2) is 41.7 Å². The molecular formula is C15H30N2O2. The lowest BCUT2D eigenvalue weighted by Crippen LogP contribution is -2.47. The normalized spacial score (nSPS) is 18.6. The van der Waals surface area contributed by atoms with Gasteiger partial charge >= 0.3 is 0 Å². The summed E-state index contributed by atoms with van der Waals surface area (Å²) in [7, 11) is 0. The molecule has 1 aliphatic heterocycles. The Morgan fingerprint density at radius 2 is 2.00 bits per heavy atom. The van der Waals surface area contributed by atoms with Crippen molar-refractivity contribution in [3.05, 3.63) is 0 Å². The molecule has 0 spiro atoms. The molecule has 0 saturated carbocycles. The van der Waals surface area contributed by atoms with Crippen LogP contribution in [0.3, 0.4) is 0 Å². The third-order valence-electron chi connectivity index (χ3n) is 4.13. The molecule has 0 aliphatic carbocycles. The SMILES string of the molecule is CCCCC1CCN(C(=O)C(N)CCCCO)CC1. The Hall–Kier alpha value is -0.610. The molecule has 4 nitrogen and oxygen atoms in total. The first-order chi connectivity index (χ1) is 9.19. The molecule has 0 aromatic rings. The van der Waals surface area contributed by atoms with E-state index in [9.17, 15) is 4.79 Å². The first kappa shape index (κ1) is 16.4. The van der Waals surface area contributed by atoms with Gasteiger partial charge in [-0.3, -0.25) is 4.79 Å². The van der Waals surface area contributed by atoms with Crippen molar-refractivity contribution in [3.8, 4) is 0 Å². The number of carbonyl (C=O) groups excluding carboxylic acids is 1. The van der Waals surface area contributed by atoms with E-state index in [0.717, 1.165) is 44.7 Å². The molecule has 1 amide bonds. The smallest absolute Gasteiger partial charge is 0.239 e. The fraction of sp³-hybridized carbons (Fsp3) is 0.933.